The number of carbonyl (C=O) groups excluding carboxylic acids is 2. The quantitative estimate of drug-likeness (QED) is 0.755. The molecule has 3 heterocycles. The molecule has 170 valence electrons. The Morgan fingerprint density at radius 3 is 2.34 bits per heavy atom. The fourth-order valence-electron chi connectivity index (χ4n) is 4.49. The third-order valence-corrected chi connectivity index (χ3v) is 6.61. The number of rotatable bonds is 6. The van der Waals surface area contributed by atoms with Gasteiger partial charge >= 0.3 is 0 Å². The van der Waals surface area contributed by atoms with E-state index in [2.05, 4.69) is 51.3 Å². The first-order valence-electron chi connectivity index (χ1n) is 11.6. The number of amides is 2. The van der Waals surface area contributed by atoms with E-state index >= 15 is 0 Å². The van der Waals surface area contributed by atoms with Gasteiger partial charge in [0, 0.05) is 44.8 Å². The van der Waals surface area contributed by atoms with Crippen molar-refractivity contribution in [2.24, 2.45) is 5.92 Å². The standard InChI is InChI=1S/C25H33N5O2/c1-20-6-2-3-7-22(20)18-29-14-16-30(17-15-29)24(31)19-28-12-9-21(10-13-28)25(32)27-23-8-4-5-11-26-23/h2-8,11,21H,9-10,12-19H2,1H3,(H,26,27,32). The van der Waals surface area contributed by atoms with Crippen molar-refractivity contribution in [3.63, 3.8) is 0 Å². The Morgan fingerprint density at radius 1 is 0.938 bits per heavy atom. The van der Waals surface area contributed by atoms with Gasteiger partial charge in [-0.2, -0.15) is 0 Å². The number of nitrogens with zero attached hydrogens (tertiary/aromatic N) is 4. The van der Waals surface area contributed by atoms with Gasteiger partial charge in [0.1, 0.15) is 5.82 Å². The second-order valence-corrected chi connectivity index (χ2v) is 8.84. The molecule has 2 fully saturated rings. The molecule has 1 aromatic heterocycles. The van der Waals surface area contributed by atoms with Crippen molar-refractivity contribution >= 4 is 17.6 Å². The number of piperidine rings is 1. The Labute approximate surface area is 190 Å². The van der Waals surface area contributed by atoms with E-state index in [1.165, 1.54) is 11.1 Å². The lowest BCUT2D eigenvalue weighted by molar-refractivity contribution is -0.134. The fraction of sp³-hybridized carbons (Fsp3) is 0.480. The number of hydrogen-bond donors (Lipinski definition) is 1. The SMILES string of the molecule is Cc1ccccc1CN1CCN(C(=O)CN2CCC(C(=O)Nc3ccccn3)CC2)CC1. The van der Waals surface area contributed by atoms with Gasteiger partial charge in [0.05, 0.1) is 6.54 Å². The predicted molar refractivity (Wildman–Crippen MR) is 125 cm³/mol. The summed E-state index contributed by atoms with van der Waals surface area (Å²) in [5.41, 5.74) is 2.69. The number of likely N-dealkylation sites (tertiary alicyclic amines) is 1. The number of piperazine rings is 1. The first-order chi connectivity index (χ1) is 15.6. The number of carbonyl (C=O) groups is 2. The Balaban J connectivity index is 1.17. The van der Waals surface area contributed by atoms with E-state index in [1.807, 2.05) is 17.0 Å². The van der Waals surface area contributed by atoms with Gasteiger partial charge in [-0.1, -0.05) is 30.3 Å². The van der Waals surface area contributed by atoms with Crippen molar-refractivity contribution < 1.29 is 9.59 Å². The smallest absolute Gasteiger partial charge is 0.236 e. The van der Waals surface area contributed by atoms with E-state index in [0.717, 1.165) is 58.7 Å². The molecule has 2 aliphatic heterocycles. The fourth-order valence-corrected chi connectivity index (χ4v) is 4.49. The summed E-state index contributed by atoms with van der Waals surface area (Å²) in [5.74, 6) is 0.807. The number of nitrogens with one attached hydrogen (secondary N) is 1. The summed E-state index contributed by atoms with van der Waals surface area (Å²) in [6, 6.07) is 14.0. The molecule has 0 atom stereocenters. The van der Waals surface area contributed by atoms with Crippen molar-refractivity contribution in [2.75, 3.05) is 51.1 Å². The molecule has 7 heteroatoms. The molecule has 2 saturated heterocycles. The maximum atomic E-state index is 12.8. The van der Waals surface area contributed by atoms with Crippen LogP contribution in [0.2, 0.25) is 0 Å². The van der Waals surface area contributed by atoms with Crippen molar-refractivity contribution in [2.45, 2.75) is 26.3 Å². The average Bonchev–Trinajstić information content (AvgIpc) is 2.82. The topological polar surface area (TPSA) is 68.8 Å². The van der Waals surface area contributed by atoms with Crippen molar-refractivity contribution in [3.05, 3.63) is 59.8 Å². The number of pyridine rings is 1. The van der Waals surface area contributed by atoms with E-state index in [-0.39, 0.29) is 17.7 Å². The van der Waals surface area contributed by atoms with E-state index in [4.69, 9.17) is 0 Å². The lowest BCUT2D eigenvalue weighted by atomic mass is 9.96. The first-order valence-corrected chi connectivity index (χ1v) is 11.6. The van der Waals surface area contributed by atoms with Gasteiger partial charge in [0.25, 0.3) is 0 Å². The summed E-state index contributed by atoms with van der Waals surface area (Å²) in [5, 5.41) is 2.90. The summed E-state index contributed by atoms with van der Waals surface area (Å²) in [6.07, 6.45) is 3.22. The summed E-state index contributed by atoms with van der Waals surface area (Å²) in [4.78, 5) is 36.1. The zero-order chi connectivity index (χ0) is 22.3. The Kier molecular flexibility index (Phi) is 7.50. The van der Waals surface area contributed by atoms with Crippen molar-refractivity contribution in [1.82, 2.24) is 19.7 Å². The van der Waals surface area contributed by atoms with Crippen molar-refractivity contribution in [1.29, 1.82) is 0 Å². The highest BCUT2D eigenvalue weighted by Crippen LogP contribution is 2.19. The van der Waals surface area contributed by atoms with Crippen LogP contribution in [0.15, 0.2) is 48.7 Å². The molecule has 4 rings (SSSR count). The molecule has 2 aromatic rings. The molecule has 0 unspecified atom stereocenters. The van der Waals surface area contributed by atoms with Crippen LogP contribution in [0.5, 0.6) is 0 Å². The Bertz CT molecular complexity index is 904. The van der Waals surface area contributed by atoms with E-state index in [0.29, 0.717) is 12.4 Å². The minimum absolute atomic E-state index is 0.0200. The van der Waals surface area contributed by atoms with Crippen LogP contribution in [-0.2, 0) is 16.1 Å². The van der Waals surface area contributed by atoms with Gasteiger partial charge in [-0.15, -0.1) is 0 Å². The lowest BCUT2D eigenvalue weighted by Gasteiger charge is -2.37. The second kappa shape index (κ2) is 10.7. The molecular weight excluding hydrogens is 402 g/mol. The summed E-state index contributed by atoms with van der Waals surface area (Å²) in [6.45, 7) is 8.50. The van der Waals surface area contributed by atoms with E-state index < -0.39 is 0 Å². The zero-order valence-electron chi connectivity index (χ0n) is 18.9. The van der Waals surface area contributed by atoms with Crippen LogP contribution in [0.1, 0.15) is 24.0 Å². The molecule has 7 nitrogen and oxygen atoms in total. The van der Waals surface area contributed by atoms with E-state index in [9.17, 15) is 9.59 Å². The highest BCUT2D eigenvalue weighted by molar-refractivity contribution is 5.91. The predicted octanol–water partition coefficient (Wildman–Crippen LogP) is 2.38. The average molecular weight is 436 g/mol. The molecule has 32 heavy (non-hydrogen) atoms. The third-order valence-electron chi connectivity index (χ3n) is 6.61. The normalized spacial score (nSPS) is 18.5. The highest BCUT2D eigenvalue weighted by Gasteiger charge is 2.28. The molecule has 0 saturated carbocycles. The molecule has 0 radical (unpaired) electrons. The summed E-state index contributed by atoms with van der Waals surface area (Å²) >= 11 is 0. The number of aryl methyl sites for hydroxylation is 1. The maximum Gasteiger partial charge on any atom is 0.236 e. The summed E-state index contributed by atoms with van der Waals surface area (Å²) in [7, 11) is 0. The van der Waals surface area contributed by atoms with Gasteiger partial charge in [-0.25, -0.2) is 4.98 Å². The van der Waals surface area contributed by atoms with Crippen molar-refractivity contribution in [3.8, 4) is 0 Å². The van der Waals surface area contributed by atoms with Crippen LogP contribution in [0.4, 0.5) is 5.82 Å². The number of aromatic nitrogens is 1. The molecular formula is C25H33N5O2. The van der Waals surface area contributed by atoms with Gasteiger partial charge in [0.2, 0.25) is 11.8 Å². The highest BCUT2D eigenvalue weighted by atomic mass is 16.2. The van der Waals surface area contributed by atoms with E-state index in [1.54, 1.807) is 12.3 Å². The molecule has 0 bridgehead atoms. The van der Waals surface area contributed by atoms with Gasteiger partial charge in [-0.3, -0.25) is 19.4 Å². The Morgan fingerprint density at radius 2 is 1.66 bits per heavy atom. The van der Waals surface area contributed by atoms with Crippen LogP contribution in [0, 0.1) is 12.8 Å². The van der Waals surface area contributed by atoms with Gasteiger partial charge < -0.3 is 10.2 Å². The molecule has 2 aliphatic rings. The number of hydrogen-bond acceptors (Lipinski definition) is 5. The molecule has 0 aliphatic carbocycles. The minimum atomic E-state index is -0.0200. The van der Waals surface area contributed by atoms with Gasteiger partial charge in [-0.05, 0) is 56.1 Å². The first kappa shape index (κ1) is 22.4. The van der Waals surface area contributed by atoms with Crippen LogP contribution in [-0.4, -0.2) is 77.3 Å². The summed E-state index contributed by atoms with van der Waals surface area (Å²) < 4.78 is 0. The lowest BCUT2D eigenvalue weighted by Crippen LogP contribution is -2.51. The number of anilines is 1. The molecule has 2 amide bonds. The zero-order valence-corrected chi connectivity index (χ0v) is 18.9. The van der Waals surface area contributed by atoms with Crippen LogP contribution in [0.3, 0.4) is 0 Å². The van der Waals surface area contributed by atoms with Crippen LogP contribution in [0.25, 0.3) is 0 Å². The van der Waals surface area contributed by atoms with Gasteiger partial charge in [0.15, 0.2) is 0 Å². The third kappa shape index (κ3) is 5.93. The second-order valence-electron chi connectivity index (χ2n) is 8.84. The largest absolute Gasteiger partial charge is 0.339 e. The number of benzene rings is 1. The molecule has 1 aromatic carbocycles. The minimum Gasteiger partial charge on any atom is -0.339 e. The van der Waals surface area contributed by atoms with Crippen LogP contribution >= 0.6 is 0 Å². The van der Waals surface area contributed by atoms with Crippen LogP contribution < -0.4 is 5.32 Å². The molecule has 0 spiro atoms. The Hall–Kier alpha value is -2.77. The maximum absolute atomic E-state index is 12.8. The monoisotopic (exact) mass is 435 g/mol. The molecule has 1 N–H and O–H groups in total.